The molecule has 1 aliphatic heterocycles. The van der Waals surface area contributed by atoms with Gasteiger partial charge in [-0.3, -0.25) is 9.79 Å². The standard InChI is InChI=1S/C37H53ClN2O2/c1-5-6-7-8-9-10-11-12-13-14-15-16-24-42-36-21-20-33(26-35(36)38)28-40(31(3)41)34-19-17-18-32(25-34)27-37(4)29-39-23-22-30(37)2/h17-23,25-26H,5-16,24,27-29H2,1-4H3. The van der Waals surface area contributed by atoms with Crippen molar-refractivity contribution in [2.24, 2.45) is 10.4 Å². The highest BCUT2D eigenvalue weighted by Crippen LogP contribution is 2.34. The van der Waals surface area contributed by atoms with Crippen LogP contribution in [0.4, 0.5) is 5.69 Å². The highest BCUT2D eigenvalue weighted by atomic mass is 35.5. The molecule has 42 heavy (non-hydrogen) atoms. The number of benzene rings is 2. The molecule has 1 aliphatic rings. The second-order valence-corrected chi connectivity index (χ2v) is 12.8. The predicted octanol–water partition coefficient (Wildman–Crippen LogP) is 10.6. The second kappa shape index (κ2) is 18.2. The predicted molar refractivity (Wildman–Crippen MR) is 180 cm³/mol. The van der Waals surface area contributed by atoms with Crippen LogP contribution in [0.3, 0.4) is 0 Å². The topological polar surface area (TPSA) is 41.9 Å². The Morgan fingerprint density at radius 2 is 1.60 bits per heavy atom. The first-order valence-corrected chi connectivity index (χ1v) is 16.7. The van der Waals surface area contributed by atoms with Crippen molar-refractivity contribution >= 4 is 29.4 Å². The molecule has 3 rings (SSSR count). The Labute approximate surface area is 260 Å². The summed E-state index contributed by atoms with van der Waals surface area (Å²) in [5.41, 5.74) is 4.40. The van der Waals surface area contributed by atoms with Crippen molar-refractivity contribution < 1.29 is 9.53 Å². The Hall–Kier alpha value is -2.59. The van der Waals surface area contributed by atoms with E-state index in [1.54, 1.807) is 6.92 Å². The van der Waals surface area contributed by atoms with Crippen molar-refractivity contribution in [2.45, 2.75) is 118 Å². The van der Waals surface area contributed by atoms with E-state index in [2.05, 4.69) is 44.0 Å². The van der Waals surface area contributed by atoms with Crippen LogP contribution in [0.2, 0.25) is 5.02 Å². The van der Waals surface area contributed by atoms with E-state index in [0.29, 0.717) is 23.9 Å². The lowest BCUT2D eigenvalue weighted by molar-refractivity contribution is -0.116. The molecule has 0 aliphatic carbocycles. The van der Waals surface area contributed by atoms with E-state index < -0.39 is 0 Å². The lowest BCUT2D eigenvalue weighted by Crippen LogP contribution is -2.29. The number of aliphatic imine (C=N–C) groups is 1. The number of halogens is 1. The largest absolute Gasteiger partial charge is 0.492 e. The Kier molecular flexibility index (Phi) is 14.7. The third-order valence-electron chi connectivity index (χ3n) is 8.61. The molecule has 0 bridgehead atoms. The first-order chi connectivity index (χ1) is 20.3. The number of allylic oxidation sites excluding steroid dienone is 1. The molecular formula is C37H53ClN2O2. The zero-order valence-corrected chi connectivity index (χ0v) is 27.4. The fraction of sp³-hybridized carbons (Fsp3) is 0.568. The molecule has 1 heterocycles. The van der Waals surface area contributed by atoms with E-state index in [1.165, 1.54) is 81.8 Å². The molecule has 230 valence electrons. The number of unbranched alkanes of at least 4 members (excludes halogenated alkanes) is 11. The Balaban J connectivity index is 1.43. The highest BCUT2D eigenvalue weighted by Gasteiger charge is 2.28. The van der Waals surface area contributed by atoms with Crippen molar-refractivity contribution in [3.63, 3.8) is 0 Å². The Morgan fingerprint density at radius 3 is 2.21 bits per heavy atom. The van der Waals surface area contributed by atoms with Gasteiger partial charge in [0.15, 0.2) is 0 Å². The minimum atomic E-state index is -0.00891. The molecule has 0 aromatic heterocycles. The number of dihydropyridines is 1. The van der Waals surface area contributed by atoms with Gasteiger partial charge in [0.25, 0.3) is 0 Å². The summed E-state index contributed by atoms with van der Waals surface area (Å²) < 4.78 is 6.00. The maximum absolute atomic E-state index is 12.7. The molecular weight excluding hydrogens is 540 g/mol. The van der Waals surface area contributed by atoms with Crippen LogP contribution in [0, 0.1) is 5.41 Å². The number of carbonyl (C=O) groups excluding carboxylic acids is 1. The minimum Gasteiger partial charge on any atom is -0.492 e. The van der Waals surface area contributed by atoms with Crippen LogP contribution in [0.25, 0.3) is 0 Å². The van der Waals surface area contributed by atoms with E-state index in [9.17, 15) is 4.79 Å². The molecule has 1 amide bonds. The first-order valence-electron chi connectivity index (χ1n) is 16.3. The van der Waals surface area contributed by atoms with E-state index in [-0.39, 0.29) is 11.3 Å². The summed E-state index contributed by atoms with van der Waals surface area (Å²) in [6.45, 7) is 10.2. The number of carbonyl (C=O) groups is 1. The van der Waals surface area contributed by atoms with E-state index in [0.717, 1.165) is 30.6 Å². The minimum absolute atomic E-state index is 0.000118. The quantitative estimate of drug-likeness (QED) is 0.152. The monoisotopic (exact) mass is 592 g/mol. The summed E-state index contributed by atoms with van der Waals surface area (Å²) in [6, 6.07) is 14.2. The van der Waals surface area contributed by atoms with Gasteiger partial charge in [0.2, 0.25) is 5.91 Å². The average molecular weight is 593 g/mol. The summed E-state index contributed by atoms with van der Waals surface area (Å²) in [7, 11) is 0. The van der Waals surface area contributed by atoms with Crippen LogP contribution < -0.4 is 9.64 Å². The summed E-state index contributed by atoms with van der Waals surface area (Å²) >= 11 is 6.61. The van der Waals surface area contributed by atoms with Crippen LogP contribution in [0.5, 0.6) is 5.75 Å². The number of nitrogens with zero attached hydrogens (tertiary/aromatic N) is 2. The molecule has 0 saturated carbocycles. The van der Waals surface area contributed by atoms with E-state index in [4.69, 9.17) is 16.3 Å². The fourth-order valence-electron chi connectivity index (χ4n) is 5.68. The van der Waals surface area contributed by atoms with E-state index >= 15 is 0 Å². The molecule has 1 unspecified atom stereocenters. The normalized spacial score (nSPS) is 16.4. The molecule has 0 N–H and O–H groups in total. The van der Waals surface area contributed by atoms with E-state index in [1.807, 2.05) is 41.4 Å². The fourth-order valence-corrected chi connectivity index (χ4v) is 5.93. The van der Waals surface area contributed by atoms with Crippen molar-refractivity contribution in [1.82, 2.24) is 0 Å². The number of ether oxygens (including phenoxy) is 1. The van der Waals surface area contributed by atoms with Crippen LogP contribution in [0.1, 0.15) is 116 Å². The van der Waals surface area contributed by atoms with Gasteiger partial charge in [0.1, 0.15) is 5.75 Å². The molecule has 2 aromatic rings. The van der Waals surface area contributed by atoms with Gasteiger partial charge in [-0.15, -0.1) is 0 Å². The van der Waals surface area contributed by atoms with Gasteiger partial charge < -0.3 is 9.64 Å². The average Bonchev–Trinajstić information content (AvgIpc) is 2.96. The summed E-state index contributed by atoms with van der Waals surface area (Å²) in [4.78, 5) is 19.0. The van der Waals surface area contributed by atoms with Gasteiger partial charge in [0.05, 0.1) is 18.2 Å². The number of amides is 1. The van der Waals surface area contributed by atoms with Gasteiger partial charge in [0, 0.05) is 30.8 Å². The van der Waals surface area contributed by atoms with Gasteiger partial charge in [-0.25, -0.2) is 0 Å². The molecule has 0 fully saturated rings. The Bertz CT molecular complexity index is 1170. The van der Waals surface area contributed by atoms with Crippen LogP contribution in [-0.4, -0.2) is 25.3 Å². The third-order valence-corrected chi connectivity index (χ3v) is 8.91. The molecule has 0 radical (unpaired) electrons. The maximum Gasteiger partial charge on any atom is 0.224 e. The lowest BCUT2D eigenvalue weighted by atomic mass is 9.76. The van der Waals surface area contributed by atoms with Crippen molar-refractivity contribution in [3.8, 4) is 5.75 Å². The zero-order chi connectivity index (χ0) is 30.2. The summed E-state index contributed by atoms with van der Waals surface area (Å²) in [5, 5.41) is 0.594. The van der Waals surface area contributed by atoms with Gasteiger partial charge in [-0.1, -0.05) is 120 Å². The molecule has 1 atom stereocenters. The van der Waals surface area contributed by atoms with Gasteiger partial charge in [-0.2, -0.15) is 0 Å². The molecule has 4 nitrogen and oxygen atoms in total. The van der Waals surface area contributed by atoms with Crippen molar-refractivity contribution in [3.05, 3.63) is 70.3 Å². The molecule has 2 aromatic carbocycles. The number of rotatable bonds is 19. The van der Waals surface area contributed by atoms with Crippen LogP contribution in [0.15, 0.2) is 59.1 Å². The Morgan fingerprint density at radius 1 is 0.929 bits per heavy atom. The third kappa shape index (κ3) is 11.2. The van der Waals surface area contributed by atoms with Gasteiger partial charge in [-0.05, 0) is 61.2 Å². The lowest BCUT2D eigenvalue weighted by Gasteiger charge is -2.31. The van der Waals surface area contributed by atoms with Crippen LogP contribution >= 0.6 is 11.6 Å². The maximum atomic E-state index is 12.7. The first kappa shape index (κ1) is 33.9. The van der Waals surface area contributed by atoms with Crippen molar-refractivity contribution in [2.75, 3.05) is 18.1 Å². The van der Waals surface area contributed by atoms with Crippen molar-refractivity contribution in [1.29, 1.82) is 0 Å². The molecule has 0 saturated heterocycles. The number of hydrogen-bond acceptors (Lipinski definition) is 3. The number of anilines is 1. The summed E-state index contributed by atoms with van der Waals surface area (Å²) in [5.74, 6) is 0.715. The smallest absolute Gasteiger partial charge is 0.224 e. The van der Waals surface area contributed by atoms with Gasteiger partial charge >= 0.3 is 0 Å². The summed E-state index contributed by atoms with van der Waals surface area (Å²) in [6.07, 6.45) is 20.8. The SMILES string of the molecule is CCCCCCCCCCCCCCOc1ccc(CN(C(C)=O)c2cccc(CC3(C)CN=CC=C3C)c2)cc1Cl. The molecule has 5 heteroatoms. The second-order valence-electron chi connectivity index (χ2n) is 12.4. The van der Waals surface area contributed by atoms with Crippen LogP contribution in [-0.2, 0) is 17.8 Å². The number of hydrogen-bond donors (Lipinski definition) is 0. The molecule has 0 spiro atoms. The highest BCUT2D eigenvalue weighted by molar-refractivity contribution is 6.32. The zero-order valence-electron chi connectivity index (χ0n) is 26.6.